The number of nitrogens with one attached hydrogen (secondary N) is 1. The zero-order chi connectivity index (χ0) is 14.3. The van der Waals surface area contributed by atoms with Gasteiger partial charge in [0.1, 0.15) is 0 Å². The van der Waals surface area contributed by atoms with E-state index in [1.54, 1.807) is 7.11 Å². The molecule has 1 aromatic rings. The van der Waals surface area contributed by atoms with Gasteiger partial charge in [0.25, 0.3) is 0 Å². The smallest absolute Gasteiger partial charge is 0.231 e. The van der Waals surface area contributed by atoms with E-state index in [1.165, 1.54) is 0 Å². The summed E-state index contributed by atoms with van der Waals surface area (Å²) in [4.78, 5) is 0. The molecule has 1 heterocycles. The van der Waals surface area contributed by atoms with Gasteiger partial charge in [0.15, 0.2) is 11.5 Å². The fraction of sp³-hybridized carbons (Fsp3) is 0.600. The fourth-order valence-electron chi connectivity index (χ4n) is 3.00. The van der Waals surface area contributed by atoms with Gasteiger partial charge in [-0.05, 0) is 24.1 Å². The highest BCUT2D eigenvalue weighted by molar-refractivity contribution is 6.32. The summed E-state index contributed by atoms with van der Waals surface area (Å²) >= 11 is 6.19. The van der Waals surface area contributed by atoms with Crippen LogP contribution in [0.5, 0.6) is 11.5 Å². The minimum absolute atomic E-state index is 0.162. The lowest BCUT2D eigenvalue weighted by Gasteiger charge is -2.51. The van der Waals surface area contributed by atoms with E-state index in [4.69, 9.17) is 25.8 Å². The van der Waals surface area contributed by atoms with Crippen molar-refractivity contribution >= 4 is 11.6 Å². The highest BCUT2D eigenvalue weighted by atomic mass is 35.5. The van der Waals surface area contributed by atoms with E-state index in [2.05, 4.69) is 19.2 Å². The van der Waals surface area contributed by atoms with Gasteiger partial charge < -0.3 is 19.5 Å². The number of rotatable bonds is 4. The molecule has 3 rings (SSSR count). The molecule has 1 N–H and O–H groups in total. The molecule has 110 valence electrons. The average molecular weight is 298 g/mol. The maximum Gasteiger partial charge on any atom is 0.231 e. The molecule has 2 atom stereocenters. The van der Waals surface area contributed by atoms with Crippen molar-refractivity contribution in [2.24, 2.45) is 5.41 Å². The first-order chi connectivity index (χ1) is 9.52. The van der Waals surface area contributed by atoms with Crippen LogP contribution in [0.3, 0.4) is 0 Å². The van der Waals surface area contributed by atoms with Gasteiger partial charge in [-0.3, -0.25) is 0 Å². The first-order valence-electron chi connectivity index (χ1n) is 6.86. The second-order valence-corrected chi connectivity index (χ2v) is 6.43. The summed E-state index contributed by atoms with van der Waals surface area (Å²) < 4.78 is 16.2. The molecule has 0 spiro atoms. The quantitative estimate of drug-likeness (QED) is 0.927. The van der Waals surface area contributed by atoms with Crippen LogP contribution < -0.4 is 14.8 Å². The number of hydrogen-bond donors (Lipinski definition) is 1. The SMILES string of the molecule is COC1CC(NCc2cc(Cl)c3c(c2)OCO3)C1(C)C. The molecule has 0 bridgehead atoms. The minimum Gasteiger partial charge on any atom is -0.454 e. The number of fused-ring (bicyclic) bond motifs is 1. The molecule has 4 nitrogen and oxygen atoms in total. The van der Waals surface area contributed by atoms with E-state index in [0.717, 1.165) is 24.3 Å². The Morgan fingerprint density at radius 3 is 2.90 bits per heavy atom. The molecule has 20 heavy (non-hydrogen) atoms. The maximum atomic E-state index is 6.19. The molecule has 1 saturated carbocycles. The number of hydrogen-bond acceptors (Lipinski definition) is 4. The lowest BCUT2D eigenvalue weighted by molar-refractivity contribution is -0.0979. The Hall–Kier alpha value is -0.970. The molecule has 0 saturated heterocycles. The summed E-state index contributed by atoms with van der Waals surface area (Å²) in [5, 5.41) is 4.18. The van der Waals surface area contributed by atoms with Crippen molar-refractivity contribution < 1.29 is 14.2 Å². The van der Waals surface area contributed by atoms with Gasteiger partial charge in [-0.25, -0.2) is 0 Å². The van der Waals surface area contributed by atoms with Gasteiger partial charge >= 0.3 is 0 Å². The largest absolute Gasteiger partial charge is 0.454 e. The van der Waals surface area contributed by atoms with Crippen LogP contribution in [0.15, 0.2) is 12.1 Å². The maximum absolute atomic E-state index is 6.19. The number of benzene rings is 1. The van der Waals surface area contributed by atoms with Crippen LogP contribution in [0.4, 0.5) is 0 Å². The van der Waals surface area contributed by atoms with E-state index < -0.39 is 0 Å². The zero-order valence-corrected chi connectivity index (χ0v) is 12.8. The third-order valence-corrected chi connectivity index (χ3v) is 4.78. The first kappa shape index (κ1) is 14.0. The Balaban J connectivity index is 1.64. The van der Waals surface area contributed by atoms with Gasteiger partial charge in [0.2, 0.25) is 6.79 Å². The molecular formula is C15H20ClNO3. The molecule has 5 heteroatoms. The van der Waals surface area contributed by atoms with E-state index in [9.17, 15) is 0 Å². The van der Waals surface area contributed by atoms with Crippen LogP contribution in [-0.2, 0) is 11.3 Å². The van der Waals surface area contributed by atoms with Gasteiger partial charge in [-0.2, -0.15) is 0 Å². The van der Waals surface area contributed by atoms with Crippen LogP contribution in [0.1, 0.15) is 25.8 Å². The molecular weight excluding hydrogens is 278 g/mol. The molecule has 2 aliphatic rings. The Bertz CT molecular complexity index is 518. The van der Waals surface area contributed by atoms with Crippen molar-refractivity contribution in [2.45, 2.75) is 39.0 Å². The number of halogens is 1. The van der Waals surface area contributed by atoms with Crippen molar-refractivity contribution in [3.05, 3.63) is 22.7 Å². The fourth-order valence-corrected chi connectivity index (χ4v) is 3.28. The normalized spacial score (nSPS) is 26.4. The second-order valence-electron chi connectivity index (χ2n) is 6.03. The lowest BCUT2D eigenvalue weighted by Crippen LogP contribution is -2.60. The highest BCUT2D eigenvalue weighted by Gasteiger charge is 2.48. The molecule has 2 unspecified atom stereocenters. The van der Waals surface area contributed by atoms with E-state index in [1.807, 2.05) is 12.1 Å². The summed E-state index contributed by atoms with van der Waals surface area (Å²) in [7, 11) is 1.78. The van der Waals surface area contributed by atoms with Crippen LogP contribution in [-0.4, -0.2) is 26.0 Å². The summed E-state index contributed by atoms with van der Waals surface area (Å²) in [5.74, 6) is 1.38. The Kier molecular flexibility index (Phi) is 3.56. The molecule has 1 aromatic carbocycles. The van der Waals surface area contributed by atoms with Crippen molar-refractivity contribution in [1.29, 1.82) is 0 Å². The van der Waals surface area contributed by atoms with Crippen molar-refractivity contribution in [3.63, 3.8) is 0 Å². The molecule has 1 aliphatic carbocycles. The Morgan fingerprint density at radius 2 is 2.20 bits per heavy atom. The lowest BCUT2D eigenvalue weighted by atomic mass is 9.64. The van der Waals surface area contributed by atoms with Crippen LogP contribution in [0, 0.1) is 5.41 Å². The van der Waals surface area contributed by atoms with Gasteiger partial charge in [0, 0.05) is 25.1 Å². The predicted octanol–water partition coefficient (Wildman–Crippen LogP) is 2.97. The third-order valence-electron chi connectivity index (χ3n) is 4.50. The van der Waals surface area contributed by atoms with Crippen LogP contribution in [0.25, 0.3) is 0 Å². The zero-order valence-electron chi connectivity index (χ0n) is 12.0. The molecule has 0 radical (unpaired) electrons. The Morgan fingerprint density at radius 1 is 1.40 bits per heavy atom. The standard InChI is InChI=1S/C15H20ClNO3/c1-15(2)12(6-13(15)18-3)17-7-9-4-10(16)14-11(5-9)19-8-20-14/h4-5,12-13,17H,6-8H2,1-3H3. The van der Waals surface area contributed by atoms with Crippen molar-refractivity contribution in [3.8, 4) is 11.5 Å². The monoisotopic (exact) mass is 297 g/mol. The van der Waals surface area contributed by atoms with Gasteiger partial charge in [0.05, 0.1) is 11.1 Å². The van der Waals surface area contributed by atoms with E-state index in [0.29, 0.717) is 22.9 Å². The number of ether oxygens (including phenoxy) is 3. The summed E-state index contributed by atoms with van der Waals surface area (Å²) in [5.41, 5.74) is 1.27. The third kappa shape index (κ3) is 2.26. The summed E-state index contributed by atoms with van der Waals surface area (Å²) in [6.07, 6.45) is 1.38. The summed E-state index contributed by atoms with van der Waals surface area (Å²) in [6.45, 7) is 5.47. The molecule has 0 amide bonds. The van der Waals surface area contributed by atoms with Crippen LogP contribution >= 0.6 is 11.6 Å². The topological polar surface area (TPSA) is 39.7 Å². The molecule has 1 fully saturated rings. The predicted molar refractivity (Wildman–Crippen MR) is 77.4 cm³/mol. The van der Waals surface area contributed by atoms with Crippen molar-refractivity contribution in [2.75, 3.05) is 13.9 Å². The van der Waals surface area contributed by atoms with Crippen molar-refractivity contribution in [1.82, 2.24) is 5.32 Å². The van der Waals surface area contributed by atoms with Crippen LogP contribution in [0.2, 0.25) is 5.02 Å². The minimum atomic E-state index is 0.162. The molecule has 0 aromatic heterocycles. The van der Waals surface area contributed by atoms with Gasteiger partial charge in [-0.1, -0.05) is 25.4 Å². The summed E-state index contributed by atoms with van der Waals surface area (Å²) in [6, 6.07) is 4.37. The molecule has 1 aliphatic heterocycles. The first-order valence-corrected chi connectivity index (χ1v) is 7.24. The second kappa shape index (κ2) is 5.10. The number of methoxy groups -OCH3 is 1. The average Bonchev–Trinajstić information content (AvgIpc) is 2.86. The van der Waals surface area contributed by atoms with E-state index in [-0.39, 0.29) is 12.2 Å². The highest BCUT2D eigenvalue weighted by Crippen LogP contribution is 2.43. The van der Waals surface area contributed by atoms with E-state index >= 15 is 0 Å². The Labute approximate surface area is 124 Å². The van der Waals surface area contributed by atoms with Gasteiger partial charge in [-0.15, -0.1) is 0 Å².